The highest BCUT2D eigenvalue weighted by Crippen LogP contribution is 2.41. The van der Waals surface area contributed by atoms with Crippen molar-refractivity contribution in [3.8, 4) is 5.75 Å². The number of methoxy groups -OCH3 is 1. The molecular formula is C34H35FN8O5S. The molecule has 254 valence electrons. The average Bonchev–Trinajstić information content (AvgIpc) is 3.61. The van der Waals surface area contributed by atoms with Crippen LogP contribution in [-0.4, -0.2) is 72.9 Å². The number of likely N-dealkylation sites (N-methyl/N-ethyl adjacent to an activating group) is 1. The number of hydrogen-bond donors (Lipinski definition) is 3. The molecule has 1 aliphatic heterocycles. The minimum absolute atomic E-state index is 0.00543. The maximum Gasteiger partial charge on any atom is 0.269 e. The number of benzene rings is 3. The fourth-order valence-corrected chi connectivity index (χ4v) is 7.22. The van der Waals surface area contributed by atoms with E-state index in [9.17, 15) is 22.4 Å². The number of nitrogens with zero attached hydrogens (tertiary/aromatic N) is 5. The molecule has 2 aromatic heterocycles. The Labute approximate surface area is 282 Å². The van der Waals surface area contributed by atoms with E-state index in [1.165, 1.54) is 43.6 Å². The van der Waals surface area contributed by atoms with Crippen LogP contribution in [0.15, 0.2) is 71.8 Å². The predicted molar refractivity (Wildman–Crippen MR) is 185 cm³/mol. The summed E-state index contributed by atoms with van der Waals surface area (Å²) in [4.78, 5) is 38.3. The summed E-state index contributed by atoms with van der Waals surface area (Å²) in [6.45, 7) is 4.04. The summed E-state index contributed by atoms with van der Waals surface area (Å²) in [5, 5.41) is 6.37. The minimum atomic E-state index is -4.14. The molecule has 1 aliphatic rings. The van der Waals surface area contributed by atoms with Gasteiger partial charge in [0.2, 0.25) is 11.9 Å². The molecule has 3 aromatic carbocycles. The topological polar surface area (TPSA) is 165 Å². The number of aryl methyl sites for hydroxylation is 1. The van der Waals surface area contributed by atoms with Gasteiger partial charge in [0, 0.05) is 17.9 Å². The molecular weight excluding hydrogens is 651 g/mol. The molecule has 0 radical (unpaired) electrons. The molecule has 49 heavy (non-hydrogen) atoms. The van der Waals surface area contributed by atoms with Crippen molar-refractivity contribution in [1.82, 2.24) is 18.8 Å². The van der Waals surface area contributed by atoms with Crippen molar-refractivity contribution >= 4 is 61.7 Å². The maximum atomic E-state index is 14.7. The van der Waals surface area contributed by atoms with Crippen LogP contribution < -0.4 is 26.0 Å². The van der Waals surface area contributed by atoms with Gasteiger partial charge in [0.1, 0.15) is 17.4 Å². The van der Waals surface area contributed by atoms with Gasteiger partial charge < -0.3 is 30.9 Å². The summed E-state index contributed by atoms with van der Waals surface area (Å²) in [6.07, 6.45) is 1.97. The Bertz CT molecular complexity index is 2220. The second kappa shape index (κ2) is 12.8. The van der Waals surface area contributed by atoms with Gasteiger partial charge in [-0.05, 0) is 82.4 Å². The molecule has 0 saturated heterocycles. The standard InChI is InChI=1S/C34H35FN8O5S/c1-19-9-11-22(12-10-19)49(46,47)42-14-13-23-32(37-25-8-6-7-24(35)30(25)31(36)45)39-34(40-33(23)42)38-26-17-27-21(16-28(26)48-5)15-20(2)43(27)29(44)18-41(3)4/h6-14,16-17,20H,15,18H2,1-5H3,(H2,36,45)(H2,37,38,39,40)/t20-/m1/s1. The molecule has 0 bridgehead atoms. The van der Waals surface area contributed by atoms with Crippen molar-refractivity contribution in [2.75, 3.05) is 43.3 Å². The van der Waals surface area contributed by atoms with E-state index >= 15 is 0 Å². The third-order valence-electron chi connectivity index (χ3n) is 8.18. The molecule has 6 rings (SSSR count). The number of hydrogen-bond acceptors (Lipinski definition) is 10. The zero-order chi connectivity index (χ0) is 35.2. The van der Waals surface area contributed by atoms with E-state index in [1.54, 1.807) is 28.0 Å². The fraction of sp³-hybridized carbons (Fsp3) is 0.235. The second-order valence-electron chi connectivity index (χ2n) is 12.1. The van der Waals surface area contributed by atoms with Crippen LogP contribution in [0, 0.1) is 12.7 Å². The van der Waals surface area contributed by atoms with Gasteiger partial charge in [0.15, 0.2) is 5.65 Å². The third kappa shape index (κ3) is 6.25. The molecule has 0 aliphatic carbocycles. The Morgan fingerprint density at radius 1 is 1.06 bits per heavy atom. The van der Waals surface area contributed by atoms with Gasteiger partial charge in [-0.25, -0.2) is 16.8 Å². The number of amides is 2. The van der Waals surface area contributed by atoms with Crippen LogP contribution in [-0.2, 0) is 21.2 Å². The number of carbonyl (C=O) groups is 2. The first-order valence-electron chi connectivity index (χ1n) is 15.3. The molecule has 2 amide bonds. The largest absolute Gasteiger partial charge is 0.495 e. The van der Waals surface area contributed by atoms with E-state index in [2.05, 4.69) is 20.6 Å². The fourth-order valence-electron chi connectivity index (χ4n) is 5.93. The lowest BCUT2D eigenvalue weighted by atomic mass is 10.1. The molecule has 13 nitrogen and oxygen atoms in total. The van der Waals surface area contributed by atoms with Gasteiger partial charge in [-0.1, -0.05) is 23.8 Å². The van der Waals surface area contributed by atoms with Gasteiger partial charge in [-0.15, -0.1) is 0 Å². The highest BCUT2D eigenvalue weighted by atomic mass is 32.2. The monoisotopic (exact) mass is 686 g/mol. The number of rotatable bonds is 10. The summed E-state index contributed by atoms with van der Waals surface area (Å²) in [6, 6.07) is 15.4. The van der Waals surface area contributed by atoms with Crippen molar-refractivity contribution in [3.05, 3.63) is 89.4 Å². The molecule has 0 fully saturated rings. The predicted octanol–water partition coefficient (Wildman–Crippen LogP) is 4.55. The second-order valence-corrected chi connectivity index (χ2v) is 13.9. The number of nitrogens with two attached hydrogens (primary N) is 1. The summed E-state index contributed by atoms with van der Waals surface area (Å²) in [5.74, 6) is -1.47. The highest BCUT2D eigenvalue weighted by Gasteiger charge is 2.33. The summed E-state index contributed by atoms with van der Waals surface area (Å²) in [7, 11) is 1.02. The van der Waals surface area contributed by atoms with E-state index in [4.69, 9.17) is 10.5 Å². The first-order chi connectivity index (χ1) is 23.3. The molecule has 0 spiro atoms. The van der Waals surface area contributed by atoms with E-state index in [0.29, 0.717) is 23.5 Å². The first-order valence-corrected chi connectivity index (χ1v) is 16.7. The normalized spacial score (nSPS) is 14.3. The third-order valence-corrected chi connectivity index (χ3v) is 9.87. The zero-order valence-corrected chi connectivity index (χ0v) is 28.3. The first kappa shape index (κ1) is 33.4. The van der Waals surface area contributed by atoms with Crippen molar-refractivity contribution in [1.29, 1.82) is 0 Å². The van der Waals surface area contributed by atoms with Gasteiger partial charge >= 0.3 is 0 Å². The number of primary amides is 1. The number of anilines is 5. The Balaban J connectivity index is 1.51. The van der Waals surface area contributed by atoms with Gasteiger partial charge in [-0.2, -0.15) is 9.97 Å². The van der Waals surface area contributed by atoms with E-state index in [-0.39, 0.29) is 51.9 Å². The van der Waals surface area contributed by atoms with E-state index in [1.807, 2.05) is 34.0 Å². The molecule has 4 N–H and O–H groups in total. The van der Waals surface area contributed by atoms with Crippen molar-refractivity contribution in [2.45, 2.75) is 31.2 Å². The Morgan fingerprint density at radius 2 is 1.80 bits per heavy atom. The van der Waals surface area contributed by atoms with Crippen LogP contribution >= 0.6 is 0 Å². The number of halogens is 1. The van der Waals surface area contributed by atoms with Gasteiger partial charge in [-0.3, -0.25) is 9.59 Å². The number of aromatic nitrogens is 3. The smallest absolute Gasteiger partial charge is 0.269 e. The van der Waals surface area contributed by atoms with Crippen LogP contribution in [0.25, 0.3) is 11.0 Å². The molecule has 0 unspecified atom stereocenters. The van der Waals surface area contributed by atoms with Crippen molar-refractivity contribution in [3.63, 3.8) is 0 Å². The SMILES string of the molecule is COc1cc2c(cc1Nc1nc(Nc3cccc(F)c3C(N)=O)c3ccn(S(=O)(=O)c4ccc(C)cc4)c3n1)N(C(=O)CN(C)C)[C@H](C)C2. The van der Waals surface area contributed by atoms with Crippen LogP contribution in [0.3, 0.4) is 0 Å². The summed E-state index contributed by atoms with van der Waals surface area (Å²) in [5.41, 5.74) is 8.03. The molecule has 5 aromatic rings. The zero-order valence-electron chi connectivity index (χ0n) is 27.5. The van der Waals surface area contributed by atoms with Crippen LogP contribution in [0.2, 0.25) is 0 Å². The maximum absolute atomic E-state index is 14.7. The van der Waals surface area contributed by atoms with E-state index in [0.717, 1.165) is 21.2 Å². The van der Waals surface area contributed by atoms with Crippen LogP contribution in [0.5, 0.6) is 5.75 Å². The van der Waals surface area contributed by atoms with Crippen LogP contribution in [0.1, 0.15) is 28.4 Å². The van der Waals surface area contributed by atoms with E-state index < -0.39 is 27.3 Å². The summed E-state index contributed by atoms with van der Waals surface area (Å²) < 4.78 is 49.2. The highest BCUT2D eigenvalue weighted by molar-refractivity contribution is 7.90. The Hall–Kier alpha value is -5.54. The minimum Gasteiger partial charge on any atom is -0.495 e. The molecule has 0 saturated carbocycles. The number of fused-ring (bicyclic) bond motifs is 2. The molecule has 15 heteroatoms. The van der Waals surface area contributed by atoms with Gasteiger partial charge in [0.25, 0.3) is 15.9 Å². The average molecular weight is 687 g/mol. The summed E-state index contributed by atoms with van der Waals surface area (Å²) >= 11 is 0. The van der Waals surface area contributed by atoms with Gasteiger partial charge in [0.05, 0.1) is 40.9 Å². The number of ether oxygens (including phenoxy) is 1. The van der Waals surface area contributed by atoms with Crippen molar-refractivity contribution < 1.29 is 27.1 Å². The lowest BCUT2D eigenvalue weighted by Gasteiger charge is -2.25. The number of carbonyl (C=O) groups excluding carboxylic acids is 2. The Kier molecular flexibility index (Phi) is 8.73. The molecule has 1 atom stereocenters. The lowest BCUT2D eigenvalue weighted by molar-refractivity contribution is -0.119. The molecule has 3 heterocycles. The number of nitrogens with one attached hydrogen (secondary N) is 2. The van der Waals surface area contributed by atoms with Crippen LogP contribution in [0.4, 0.5) is 33.2 Å². The Morgan fingerprint density at radius 3 is 2.47 bits per heavy atom. The quantitative estimate of drug-likeness (QED) is 0.190. The lowest BCUT2D eigenvalue weighted by Crippen LogP contribution is -2.41. The van der Waals surface area contributed by atoms with Crippen molar-refractivity contribution in [2.24, 2.45) is 5.73 Å².